The molecule has 1 amide bonds. The molecular formula is C9H14ClN3O. The predicted octanol–water partition coefficient (Wildman–Crippen LogP) is 1.37. The molecule has 1 aromatic rings. The molecule has 0 fully saturated rings. The Morgan fingerprint density at radius 1 is 1.71 bits per heavy atom. The van der Waals surface area contributed by atoms with E-state index in [-0.39, 0.29) is 18.5 Å². The number of hydrogen-bond donors (Lipinski definition) is 1. The van der Waals surface area contributed by atoms with Crippen LogP contribution in [0, 0.1) is 6.92 Å². The van der Waals surface area contributed by atoms with Crippen LogP contribution < -0.4 is 5.32 Å². The van der Waals surface area contributed by atoms with Gasteiger partial charge in [0.15, 0.2) is 0 Å². The second-order valence-corrected chi connectivity index (χ2v) is 3.89. The lowest BCUT2D eigenvalue weighted by Crippen LogP contribution is -2.33. The summed E-state index contributed by atoms with van der Waals surface area (Å²) in [4.78, 5) is 11.3. The number of aryl methyl sites for hydroxylation is 1. The first-order valence-corrected chi connectivity index (χ1v) is 4.85. The third-order valence-corrected chi connectivity index (χ3v) is 2.01. The summed E-state index contributed by atoms with van der Waals surface area (Å²) in [5.41, 5.74) is 0.740. The number of rotatable bonds is 3. The van der Waals surface area contributed by atoms with Gasteiger partial charge < -0.3 is 5.32 Å². The van der Waals surface area contributed by atoms with Gasteiger partial charge in [-0.15, -0.1) is 0 Å². The van der Waals surface area contributed by atoms with Crippen molar-refractivity contribution in [3.8, 4) is 0 Å². The van der Waals surface area contributed by atoms with Crippen LogP contribution in [0.4, 0.5) is 0 Å². The second-order valence-electron chi connectivity index (χ2n) is 3.48. The van der Waals surface area contributed by atoms with Gasteiger partial charge in [-0.1, -0.05) is 11.6 Å². The molecule has 0 aliphatic carbocycles. The van der Waals surface area contributed by atoms with E-state index in [1.165, 1.54) is 4.68 Å². The van der Waals surface area contributed by atoms with Gasteiger partial charge >= 0.3 is 0 Å². The Morgan fingerprint density at radius 3 is 2.79 bits per heavy atom. The zero-order valence-corrected chi connectivity index (χ0v) is 9.30. The van der Waals surface area contributed by atoms with Gasteiger partial charge in [0.05, 0.1) is 10.7 Å². The Bertz CT molecular complexity index is 313. The standard InChI is InChI=1S/C9H14ClN3O/c1-6(2)11-9(14)5-13-4-8(10)7(3)12-13/h4,6H,5H2,1-3H3,(H,11,14). The van der Waals surface area contributed by atoms with Gasteiger partial charge in [0.25, 0.3) is 0 Å². The van der Waals surface area contributed by atoms with Crippen LogP contribution >= 0.6 is 11.6 Å². The fourth-order valence-corrected chi connectivity index (χ4v) is 1.24. The minimum atomic E-state index is -0.0563. The van der Waals surface area contributed by atoms with Crippen LogP contribution in [0.15, 0.2) is 6.20 Å². The zero-order valence-electron chi connectivity index (χ0n) is 8.54. The molecule has 0 radical (unpaired) electrons. The van der Waals surface area contributed by atoms with Crippen molar-refractivity contribution in [2.24, 2.45) is 0 Å². The Labute approximate surface area is 88.2 Å². The van der Waals surface area contributed by atoms with E-state index in [1.54, 1.807) is 13.1 Å². The summed E-state index contributed by atoms with van der Waals surface area (Å²) in [6, 6.07) is 0.148. The van der Waals surface area contributed by atoms with Gasteiger partial charge in [0, 0.05) is 12.2 Å². The van der Waals surface area contributed by atoms with Gasteiger partial charge in [0.2, 0.25) is 5.91 Å². The molecule has 0 aliphatic rings. The number of nitrogens with zero attached hydrogens (tertiary/aromatic N) is 2. The molecule has 5 heteroatoms. The number of hydrogen-bond acceptors (Lipinski definition) is 2. The Balaban J connectivity index is 2.56. The van der Waals surface area contributed by atoms with Crippen molar-refractivity contribution < 1.29 is 4.79 Å². The lowest BCUT2D eigenvalue weighted by molar-refractivity contribution is -0.122. The largest absolute Gasteiger partial charge is 0.352 e. The van der Waals surface area contributed by atoms with Crippen LogP contribution in [0.2, 0.25) is 5.02 Å². The van der Waals surface area contributed by atoms with E-state index in [4.69, 9.17) is 11.6 Å². The summed E-state index contributed by atoms with van der Waals surface area (Å²) in [7, 11) is 0. The summed E-state index contributed by atoms with van der Waals surface area (Å²) in [5.74, 6) is -0.0563. The average molecular weight is 216 g/mol. The summed E-state index contributed by atoms with van der Waals surface area (Å²) in [6.45, 7) is 5.85. The number of carbonyl (C=O) groups is 1. The van der Waals surface area contributed by atoms with Gasteiger partial charge in [-0.05, 0) is 20.8 Å². The number of amides is 1. The molecule has 1 heterocycles. The van der Waals surface area contributed by atoms with Crippen LogP contribution in [-0.2, 0) is 11.3 Å². The van der Waals surface area contributed by atoms with Crippen LogP contribution in [0.3, 0.4) is 0 Å². The minimum absolute atomic E-state index is 0.0563. The smallest absolute Gasteiger partial charge is 0.241 e. The number of aromatic nitrogens is 2. The van der Waals surface area contributed by atoms with E-state index in [9.17, 15) is 4.79 Å². The molecule has 0 aromatic carbocycles. The molecule has 1 N–H and O–H groups in total. The van der Waals surface area contributed by atoms with E-state index in [2.05, 4.69) is 10.4 Å². The first-order chi connectivity index (χ1) is 6.49. The summed E-state index contributed by atoms with van der Waals surface area (Å²) in [5, 5.41) is 7.44. The third kappa shape index (κ3) is 3.03. The van der Waals surface area contributed by atoms with Crippen LogP contribution in [-0.4, -0.2) is 21.7 Å². The average Bonchev–Trinajstić information content (AvgIpc) is 2.28. The molecule has 0 saturated carbocycles. The van der Waals surface area contributed by atoms with E-state index in [0.29, 0.717) is 5.02 Å². The zero-order chi connectivity index (χ0) is 10.7. The fraction of sp³-hybridized carbons (Fsp3) is 0.556. The van der Waals surface area contributed by atoms with E-state index >= 15 is 0 Å². The topological polar surface area (TPSA) is 46.9 Å². The number of nitrogens with one attached hydrogen (secondary N) is 1. The molecular weight excluding hydrogens is 202 g/mol. The maximum absolute atomic E-state index is 11.3. The lowest BCUT2D eigenvalue weighted by atomic mass is 10.4. The highest BCUT2D eigenvalue weighted by molar-refractivity contribution is 6.31. The molecule has 78 valence electrons. The Kier molecular flexibility index (Phi) is 3.52. The first kappa shape index (κ1) is 11.0. The van der Waals surface area contributed by atoms with Gasteiger partial charge in [-0.2, -0.15) is 5.10 Å². The van der Waals surface area contributed by atoms with Crippen molar-refractivity contribution in [2.75, 3.05) is 0 Å². The lowest BCUT2D eigenvalue weighted by Gasteiger charge is -2.07. The summed E-state index contributed by atoms with van der Waals surface area (Å²) >= 11 is 5.80. The Morgan fingerprint density at radius 2 is 2.36 bits per heavy atom. The van der Waals surface area contributed by atoms with Crippen molar-refractivity contribution in [1.29, 1.82) is 0 Å². The highest BCUT2D eigenvalue weighted by Crippen LogP contribution is 2.11. The highest BCUT2D eigenvalue weighted by atomic mass is 35.5. The minimum Gasteiger partial charge on any atom is -0.352 e. The van der Waals surface area contributed by atoms with Crippen molar-refractivity contribution in [3.63, 3.8) is 0 Å². The van der Waals surface area contributed by atoms with E-state index < -0.39 is 0 Å². The molecule has 1 aromatic heterocycles. The Hall–Kier alpha value is -1.03. The number of halogens is 1. The van der Waals surface area contributed by atoms with Crippen molar-refractivity contribution >= 4 is 17.5 Å². The van der Waals surface area contributed by atoms with Gasteiger partial charge in [-0.25, -0.2) is 0 Å². The van der Waals surface area contributed by atoms with Gasteiger partial charge in [0.1, 0.15) is 6.54 Å². The fourth-order valence-electron chi connectivity index (χ4n) is 1.09. The first-order valence-electron chi connectivity index (χ1n) is 4.48. The van der Waals surface area contributed by atoms with Crippen LogP contribution in [0.25, 0.3) is 0 Å². The molecule has 0 spiro atoms. The van der Waals surface area contributed by atoms with Crippen molar-refractivity contribution in [2.45, 2.75) is 33.4 Å². The summed E-state index contributed by atoms with van der Waals surface area (Å²) < 4.78 is 1.54. The molecule has 4 nitrogen and oxygen atoms in total. The molecule has 1 rings (SSSR count). The SMILES string of the molecule is Cc1nn(CC(=O)NC(C)C)cc1Cl. The van der Waals surface area contributed by atoms with E-state index in [1.807, 2.05) is 13.8 Å². The molecule has 0 atom stereocenters. The second kappa shape index (κ2) is 4.46. The van der Waals surface area contributed by atoms with Crippen LogP contribution in [0.1, 0.15) is 19.5 Å². The summed E-state index contributed by atoms with van der Waals surface area (Å²) in [6.07, 6.45) is 1.65. The third-order valence-electron chi connectivity index (χ3n) is 1.64. The quantitative estimate of drug-likeness (QED) is 0.828. The molecule has 0 aliphatic heterocycles. The van der Waals surface area contributed by atoms with Crippen molar-refractivity contribution in [3.05, 3.63) is 16.9 Å². The number of carbonyl (C=O) groups excluding carboxylic acids is 1. The maximum Gasteiger partial charge on any atom is 0.241 e. The van der Waals surface area contributed by atoms with Crippen LogP contribution in [0.5, 0.6) is 0 Å². The van der Waals surface area contributed by atoms with E-state index in [0.717, 1.165) is 5.69 Å². The predicted molar refractivity (Wildman–Crippen MR) is 55.3 cm³/mol. The monoisotopic (exact) mass is 215 g/mol. The molecule has 0 unspecified atom stereocenters. The molecule has 0 bridgehead atoms. The normalized spacial score (nSPS) is 10.6. The maximum atomic E-state index is 11.3. The molecule has 14 heavy (non-hydrogen) atoms. The molecule has 0 saturated heterocycles. The van der Waals surface area contributed by atoms with Gasteiger partial charge in [-0.3, -0.25) is 9.48 Å². The van der Waals surface area contributed by atoms with Crippen molar-refractivity contribution in [1.82, 2.24) is 15.1 Å². The highest BCUT2D eigenvalue weighted by Gasteiger charge is 2.07.